The van der Waals surface area contributed by atoms with E-state index in [1.165, 1.54) is 25.6 Å². The lowest BCUT2D eigenvalue weighted by Gasteiger charge is -2.29. The number of hydrogen-bond donors (Lipinski definition) is 6. The highest BCUT2D eigenvalue weighted by Gasteiger charge is 2.32. The van der Waals surface area contributed by atoms with Crippen molar-refractivity contribution in [3.8, 4) is 0 Å². The van der Waals surface area contributed by atoms with Crippen LogP contribution in [-0.2, 0) is 38.6 Å². The summed E-state index contributed by atoms with van der Waals surface area (Å²) in [4.78, 5) is 61.4. The van der Waals surface area contributed by atoms with Crippen LogP contribution in [0.5, 0.6) is 0 Å². The zero-order valence-corrected chi connectivity index (χ0v) is 31.3. The third kappa shape index (κ3) is 12.4. The number of nitrogens with zero attached hydrogens (tertiary/aromatic N) is 1. The quantitative estimate of drug-likeness (QED) is 0.0823. The predicted octanol–water partition coefficient (Wildman–Crippen LogP) is 5.11. The Hall–Kier alpha value is -5.23. The highest BCUT2D eigenvalue weighted by atomic mass is 16.5. The van der Waals surface area contributed by atoms with Gasteiger partial charge in [-0.25, -0.2) is 9.78 Å². The minimum atomic E-state index is -1.15. The smallest absolute Gasteiger partial charge is 0.408 e. The third-order valence-corrected chi connectivity index (χ3v) is 9.96. The van der Waals surface area contributed by atoms with Crippen LogP contribution in [0.15, 0.2) is 85.3 Å². The summed E-state index contributed by atoms with van der Waals surface area (Å²) in [6.45, 7) is 4.54. The number of imidazole rings is 1. The van der Waals surface area contributed by atoms with Crippen LogP contribution in [0.2, 0.25) is 0 Å². The van der Waals surface area contributed by atoms with E-state index in [1.54, 1.807) is 6.20 Å². The van der Waals surface area contributed by atoms with Crippen molar-refractivity contribution < 1.29 is 29.0 Å². The Kier molecular flexibility index (Phi) is 15.0. The van der Waals surface area contributed by atoms with Crippen LogP contribution in [0.4, 0.5) is 4.79 Å². The predicted molar refractivity (Wildman–Crippen MR) is 207 cm³/mol. The number of hydrogen-bond acceptors (Lipinski definition) is 7. The largest absolute Gasteiger partial charge is 0.445 e. The molecule has 0 aliphatic heterocycles. The minimum Gasteiger partial charge on any atom is -0.445 e. The fourth-order valence-corrected chi connectivity index (χ4v) is 7.06. The van der Waals surface area contributed by atoms with E-state index in [1.807, 2.05) is 86.6 Å². The molecule has 4 aromatic rings. The monoisotopic (exact) mass is 738 g/mol. The second-order valence-electron chi connectivity index (χ2n) is 14.8. The van der Waals surface area contributed by atoms with E-state index >= 15 is 0 Å². The number of benzene rings is 3. The molecule has 1 aliphatic rings. The number of alkyl carbamates (subject to hydrolysis) is 1. The zero-order valence-electron chi connectivity index (χ0n) is 31.3. The fourth-order valence-electron chi connectivity index (χ4n) is 7.06. The van der Waals surface area contributed by atoms with Crippen LogP contribution >= 0.6 is 0 Å². The average molecular weight is 739 g/mol. The summed E-state index contributed by atoms with van der Waals surface area (Å²) in [6.07, 6.45) is 7.28. The van der Waals surface area contributed by atoms with Crippen molar-refractivity contribution in [1.82, 2.24) is 31.2 Å². The molecule has 4 atom stereocenters. The van der Waals surface area contributed by atoms with Gasteiger partial charge in [-0.2, -0.15) is 0 Å². The molecule has 0 radical (unpaired) electrons. The molecule has 4 amide bonds. The van der Waals surface area contributed by atoms with Crippen molar-refractivity contribution in [2.45, 2.75) is 102 Å². The molecule has 12 nitrogen and oxygen atoms in total. The van der Waals surface area contributed by atoms with E-state index in [0.717, 1.165) is 34.7 Å². The number of rotatable bonds is 18. The molecular formula is C42H54N6O6. The fraction of sp³-hybridized carbons (Fsp3) is 0.452. The highest BCUT2D eigenvalue weighted by Crippen LogP contribution is 2.23. The highest BCUT2D eigenvalue weighted by molar-refractivity contribution is 5.93. The van der Waals surface area contributed by atoms with Gasteiger partial charge < -0.3 is 36.1 Å². The van der Waals surface area contributed by atoms with Gasteiger partial charge in [0.1, 0.15) is 18.7 Å². The Morgan fingerprint density at radius 3 is 2.30 bits per heavy atom. The van der Waals surface area contributed by atoms with Crippen LogP contribution in [0.25, 0.3) is 10.8 Å². The molecule has 2 unspecified atom stereocenters. The van der Waals surface area contributed by atoms with Crippen molar-refractivity contribution in [2.75, 3.05) is 6.54 Å². The number of amides is 4. The maximum Gasteiger partial charge on any atom is 0.408 e. The maximum atomic E-state index is 14.2. The Bertz CT molecular complexity index is 1790. The Labute approximate surface area is 317 Å². The number of fused-ring (bicyclic) bond motifs is 1. The van der Waals surface area contributed by atoms with Crippen LogP contribution < -0.4 is 21.3 Å². The lowest BCUT2D eigenvalue weighted by Crippen LogP contribution is -2.57. The van der Waals surface area contributed by atoms with E-state index in [4.69, 9.17) is 4.74 Å². The Balaban J connectivity index is 1.31. The summed E-state index contributed by atoms with van der Waals surface area (Å²) in [7, 11) is 0. The van der Waals surface area contributed by atoms with Gasteiger partial charge in [0.2, 0.25) is 17.7 Å². The molecule has 6 N–H and O–H groups in total. The van der Waals surface area contributed by atoms with Gasteiger partial charge in [0.05, 0.1) is 24.9 Å². The van der Waals surface area contributed by atoms with E-state index in [0.29, 0.717) is 24.6 Å². The average Bonchev–Trinajstić information content (AvgIpc) is 3.69. The van der Waals surface area contributed by atoms with Crippen molar-refractivity contribution in [2.24, 2.45) is 11.8 Å². The normalized spacial score (nSPS) is 15.5. The SMILES string of the molecule is CC(C)CC(NC(=O)[C@H](Cc1cnc[nH]1)NC(=O)[C@H](Cc1cccc2ccccc12)NC(=O)OCc1ccccc1)C(O)CC(=O)NCC1CCCCC1. The molecule has 1 aliphatic carbocycles. The number of nitrogens with one attached hydrogen (secondary N) is 5. The molecule has 1 aromatic heterocycles. The number of carbonyl (C=O) groups is 4. The summed E-state index contributed by atoms with van der Waals surface area (Å²) in [5, 5.41) is 24.7. The van der Waals surface area contributed by atoms with E-state index < -0.39 is 42.1 Å². The number of H-pyrrole nitrogens is 1. The molecule has 1 fully saturated rings. The van der Waals surface area contributed by atoms with Gasteiger partial charge in [0, 0.05) is 31.3 Å². The second-order valence-corrected chi connectivity index (χ2v) is 14.8. The van der Waals surface area contributed by atoms with Crippen LogP contribution in [0.3, 0.4) is 0 Å². The molecule has 288 valence electrons. The molecule has 5 rings (SSSR count). The molecule has 0 spiro atoms. The molecule has 54 heavy (non-hydrogen) atoms. The van der Waals surface area contributed by atoms with E-state index in [-0.39, 0.29) is 37.7 Å². The number of aliphatic hydroxyl groups is 1. The molecule has 1 saturated carbocycles. The first-order chi connectivity index (χ1) is 26.1. The topological polar surface area (TPSA) is 175 Å². The van der Waals surface area contributed by atoms with Crippen molar-refractivity contribution in [3.63, 3.8) is 0 Å². The second kappa shape index (κ2) is 20.3. The molecular weight excluding hydrogens is 684 g/mol. The number of aliphatic hydroxyl groups excluding tert-OH is 1. The number of carbonyl (C=O) groups excluding carboxylic acids is 4. The van der Waals surface area contributed by atoms with Gasteiger partial charge in [0.25, 0.3) is 0 Å². The first-order valence-corrected chi connectivity index (χ1v) is 19.1. The van der Waals surface area contributed by atoms with Crippen molar-refractivity contribution >= 4 is 34.6 Å². The van der Waals surface area contributed by atoms with E-state index in [9.17, 15) is 24.3 Å². The molecule has 1 heterocycles. The van der Waals surface area contributed by atoms with Gasteiger partial charge in [-0.3, -0.25) is 14.4 Å². The van der Waals surface area contributed by atoms with Crippen molar-refractivity contribution in [1.29, 1.82) is 0 Å². The van der Waals surface area contributed by atoms with Crippen LogP contribution in [-0.4, -0.2) is 69.7 Å². The number of aromatic amines is 1. The Morgan fingerprint density at radius 2 is 1.56 bits per heavy atom. The van der Waals surface area contributed by atoms with Crippen LogP contribution in [0, 0.1) is 11.8 Å². The molecule has 0 saturated heterocycles. The van der Waals surface area contributed by atoms with Gasteiger partial charge in [-0.05, 0) is 53.0 Å². The lowest BCUT2D eigenvalue weighted by molar-refractivity contribution is -0.131. The first-order valence-electron chi connectivity index (χ1n) is 19.1. The van der Waals surface area contributed by atoms with Crippen LogP contribution in [0.1, 0.15) is 75.6 Å². The molecule has 3 aromatic carbocycles. The van der Waals surface area contributed by atoms with Gasteiger partial charge in [-0.15, -0.1) is 0 Å². The minimum absolute atomic E-state index is 0.0122. The summed E-state index contributed by atoms with van der Waals surface area (Å²) in [5.41, 5.74) is 2.21. The molecule has 12 heteroatoms. The van der Waals surface area contributed by atoms with Gasteiger partial charge in [0.15, 0.2) is 0 Å². The standard InChI is InChI=1S/C42H54N6O6/c1-28(2)20-35(38(49)23-39(50)44-24-29-12-5-3-6-13-29)46-41(52)37(22-33-25-43-27-45-33)47-40(51)36(48-42(53)54-26-30-14-7-4-8-15-30)21-32-18-11-17-31-16-9-10-19-34(31)32/h4,7-11,14-19,25,27-29,35-38,49H,3,5-6,12-13,20-24,26H2,1-2H3,(H,43,45)(H,44,50)(H,46,52)(H,47,51)(H,48,53)/t35?,36-,37-,38?/m0/s1. The maximum absolute atomic E-state index is 14.2. The first kappa shape index (κ1) is 40.0. The zero-order chi connectivity index (χ0) is 38.3. The lowest BCUT2D eigenvalue weighted by atomic mass is 9.89. The van der Waals surface area contributed by atoms with Crippen molar-refractivity contribution in [3.05, 3.63) is 102 Å². The Morgan fingerprint density at radius 1 is 0.852 bits per heavy atom. The summed E-state index contributed by atoms with van der Waals surface area (Å²) < 4.78 is 5.49. The van der Waals surface area contributed by atoms with Gasteiger partial charge >= 0.3 is 6.09 Å². The number of ether oxygens (including phenoxy) is 1. The summed E-state index contributed by atoms with van der Waals surface area (Å²) >= 11 is 0. The number of aromatic nitrogens is 2. The molecule has 0 bridgehead atoms. The summed E-state index contributed by atoms with van der Waals surface area (Å²) in [5.74, 6) is -0.863. The van der Waals surface area contributed by atoms with E-state index in [2.05, 4.69) is 31.2 Å². The van der Waals surface area contributed by atoms with Gasteiger partial charge in [-0.1, -0.05) is 106 Å². The summed E-state index contributed by atoms with van der Waals surface area (Å²) in [6, 6.07) is 19.8. The third-order valence-electron chi connectivity index (χ3n) is 9.96.